The molecular weight excluding hydrogens is 197 g/mol. The van der Waals surface area contributed by atoms with Gasteiger partial charge in [0.1, 0.15) is 6.67 Å². The number of hydrogen-bond donors (Lipinski definition) is 1. The highest BCUT2D eigenvalue weighted by Crippen LogP contribution is 2.21. The Bertz CT molecular complexity index is 504. The van der Waals surface area contributed by atoms with Gasteiger partial charge in [0.15, 0.2) is 0 Å². The molecule has 0 fully saturated rings. The van der Waals surface area contributed by atoms with Crippen LogP contribution in [0.5, 0.6) is 0 Å². The lowest BCUT2D eigenvalue weighted by molar-refractivity contribution is 0.0698. The maximum Gasteiger partial charge on any atom is 0.337 e. The number of para-hydroxylation sites is 1. The summed E-state index contributed by atoms with van der Waals surface area (Å²) in [5.74, 6) is -0.983. The van der Waals surface area contributed by atoms with Gasteiger partial charge in [-0.15, -0.1) is 0 Å². The van der Waals surface area contributed by atoms with E-state index < -0.39 is 12.6 Å². The molecule has 15 heavy (non-hydrogen) atoms. The molecule has 1 aromatic carbocycles. The van der Waals surface area contributed by atoms with Crippen LogP contribution in [0.15, 0.2) is 30.5 Å². The molecule has 3 nitrogen and oxygen atoms in total. The van der Waals surface area contributed by atoms with Crippen LogP contribution in [0.2, 0.25) is 0 Å². The zero-order chi connectivity index (χ0) is 10.8. The van der Waals surface area contributed by atoms with Crippen molar-refractivity contribution in [1.29, 1.82) is 0 Å². The van der Waals surface area contributed by atoms with Crippen molar-refractivity contribution in [1.82, 2.24) is 4.57 Å². The largest absolute Gasteiger partial charge is 0.478 e. The first kappa shape index (κ1) is 9.71. The zero-order valence-corrected chi connectivity index (χ0v) is 7.98. The van der Waals surface area contributed by atoms with Gasteiger partial charge in [-0.2, -0.15) is 0 Å². The Kier molecular flexibility index (Phi) is 2.41. The van der Waals surface area contributed by atoms with Crippen LogP contribution >= 0.6 is 0 Å². The number of nitrogens with zero attached hydrogens (tertiary/aromatic N) is 1. The predicted molar refractivity (Wildman–Crippen MR) is 54.9 cm³/mol. The average Bonchev–Trinajstić information content (AvgIpc) is 2.59. The summed E-state index contributed by atoms with van der Waals surface area (Å²) in [6.07, 6.45) is 1.48. The first-order valence-electron chi connectivity index (χ1n) is 4.61. The minimum Gasteiger partial charge on any atom is -0.478 e. The third kappa shape index (κ3) is 1.58. The van der Waals surface area contributed by atoms with Gasteiger partial charge in [0, 0.05) is 17.1 Å². The highest BCUT2D eigenvalue weighted by Gasteiger charge is 2.12. The summed E-state index contributed by atoms with van der Waals surface area (Å²) in [7, 11) is 0. The molecular formula is C11H10FNO2. The number of carbonyl (C=O) groups is 1. The van der Waals surface area contributed by atoms with Gasteiger partial charge in [-0.3, -0.25) is 0 Å². The number of aromatic carboxylic acids is 1. The molecule has 0 aliphatic rings. The first-order chi connectivity index (χ1) is 7.24. The van der Waals surface area contributed by atoms with Crippen LogP contribution in [0.1, 0.15) is 10.4 Å². The van der Waals surface area contributed by atoms with Crippen molar-refractivity contribution < 1.29 is 14.3 Å². The van der Waals surface area contributed by atoms with Gasteiger partial charge in [0.05, 0.1) is 12.1 Å². The molecule has 0 aliphatic heterocycles. The van der Waals surface area contributed by atoms with E-state index in [1.165, 1.54) is 6.20 Å². The molecule has 0 amide bonds. The summed E-state index contributed by atoms with van der Waals surface area (Å²) in [6.45, 7) is -0.314. The highest BCUT2D eigenvalue weighted by atomic mass is 19.1. The summed E-state index contributed by atoms with van der Waals surface area (Å²) in [4.78, 5) is 10.9. The summed E-state index contributed by atoms with van der Waals surface area (Å²) >= 11 is 0. The molecule has 0 aliphatic carbocycles. The SMILES string of the molecule is O=C(O)c1cn(CCF)c2ccccc12. The quantitative estimate of drug-likeness (QED) is 0.839. The van der Waals surface area contributed by atoms with E-state index in [1.807, 2.05) is 6.07 Å². The molecule has 0 unspecified atom stereocenters. The van der Waals surface area contributed by atoms with E-state index in [2.05, 4.69) is 0 Å². The van der Waals surface area contributed by atoms with Gasteiger partial charge in [-0.25, -0.2) is 9.18 Å². The van der Waals surface area contributed by atoms with Crippen molar-refractivity contribution in [2.75, 3.05) is 6.67 Å². The normalized spacial score (nSPS) is 10.7. The minimum atomic E-state index is -0.983. The molecule has 1 N–H and O–H groups in total. The van der Waals surface area contributed by atoms with E-state index >= 15 is 0 Å². The van der Waals surface area contributed by atoms with Crippen molar-refractivity contribution in [2.24, 2.45) is 0 Å². The number of aromatic nitrogens is 1. The summed E-state index contributed by atoms with van der Waals surface area (Å²) < 4.78 is 13.9. The van der Waals surface area contributed by atoms with E-state index in [0.717, 1.165) is 5.52 Å². The topological polar surface area (TPSA) is 42.2 Å². The van der Waals surface area contributed by atoms with E-state index in [-0.39, 0.29) is 12.1 Å². The maximum atomic E-state index is 12.2. The standard InChI is InChI=1S/C11H10FNO2/c12-5-6-13-7-9(11(14)15)8-3-1-2-4-10(8)13/h1-4,7H,5-6H2,(H,14,15). The molecule has 1 heterocycles. The number of fused-ring (bicyclic) bond motifs is 1. The zero-order valence-electron chi connectivity index (χ0n) is 7.98. The first-order valence-corrected chi connectivity index (χ1v) is 4.61. The monoisotopic (exact) mass is 207 g/mol. The number of carboxylic acid groups (broad SMARTS) is 1. The molecule has 0 saturated carbocycles. The van der Waals surface area contributed by atoms with Crippen molar-refractivity contribution in [3.8, 4) is 0 Å². The van der Waals surface area contributed by atoms with Gasteiger partial charge >= 0.3 is 5.97 Å². The van der Waals surface area contributed by atoms with Crippen LogP contribution in [-0.2, 0) is 6.54 Å². The predicted octanol–water partition coefficient (Wildman–Crippen LogP) is 2.31. The van der Waals surface area contributed by atoms with Crippen LogP contribution in [0.3, 0.4) is 0 Å². The number of rotatable bonds is 3. The van der Waals surface area contributed by atoms with Gasteiger partial charge in [-0.05, 0) is 6.07 Å². The summed E-state index contributed by atoms with van der Waals surface area (Å²) in [5.41, 5.74) is 0.978. The van der Waals surface area contributed by atoms with Crippen LogP contribution < -0.4 is 0 Å². The lowest BCUT2D eigenvalue weighted by atomic mass is 10.2. The van der Waals surface area contributed by atoms with Gasteiger partial charge in [-0.1, -0.05) is 18.2 Å². The smallest absolute Gasteiger partial charge is 0.337 e. The van der Waals surface area contributed by atoms with Crippen LogP contribution in [0.4, 0.5) is 4.39 Å². The Balaban J connectivity index is 2.67. The second-order valence-corrected chi connectivity index (χ2v) is 3.25. The Hall–Kier alpha value is -1.84. The summed E-state index contributed by atoms with van der Waals surface area (Å²) in [5, 5.41) is 9.61. The van der Waals surface area contributed by atoms with Crippen LogP contribution in [-0.4, -0.2) is 22.3 Å². The van der Waals surface area contributed by atoms with Gasteiger partial charge in [0.25, 0.3) is 0 Å². The molecule has 4 heteroatoms. The Morgan fingerprint density at radius 2 is 2.13 bits per heavy atom. The van der Waals surface area contributed by atoms with Crippen molar-refractivity contribution in [2.45, 2.75) is 6.54 Å². The molecule has 1 aromatic heterocycles. The fourth-order valence-corrected chi connectivity index (χ4v) is 1.69. The Labute approximate surface area is 85.7 Å². The lowest BCUT2D eigenvalue weighted by Gasteiger charge is -1.99. The molecule has 0 spiro atoms. The fourth-order valence-electron chi connectivity index (χ4n) is 1.69. The fraction of sp³-hybridized carbons (Fsp3) is 0.182. The third-order valence-electron chi connectivity index (χ3n) is 2.34. The van der Waals surface area contributed by atoms with E-state index in [4.69, 9.17) is 5.11 Å². The van der Waals surface area contributed by atoms with E-state index in [9.17, 15) is 9.18 Å². The number of halogens is 1. The van der Waals surface area contributed by atoms with Gasteiger partial charge in [0.2, 0.25) is 0 Å². The van der Waals surface area contributed by atoms with Crippen molar-refractivity contribution in [3.63, 3.8) is 0 Å². The van der Waals surface area contributed by atoms with Crippen LogP contribution in [0, 0.1) is 0 Å². The van der Waals surface area contributed by atoms with E-state index in [0.29, 0.717) is 5.39 Å². The van der Waals surface area contributed by atoms with E-state index in [1.54, 1.807) is 22.8 Å². The molecule has 2 aromatic rings. The number of alkyl halides is 1. The van der Waals surface area contributed by atoms with Crippen molar-refractivity contribution >= 4 is 16.9 Å². The number of benzene rings is 1. The molecule has 0 radical (unpaired) electrons. The second kappa shape index (κ2) is 3.73. The molecule has 0 saturated heterocycles. The van der Waals surface area contributed by atoms with Crippen LogP contribution in [0.25, 0.3) is 10.9 Å². The lowest BCUT2D eigenvalue weighted by Crippen LogP contribution is -1.98. The number of hydrogen-bond acceptors (Lipinski definition) is 1. The van der Waals surface area contributed by atoms with Gasteiger partial charge < -0.3 is 9.67 Å². The molecule has 2 rings (SSSR count). The average molecular weight is 207 g/mol. The number of aryl methyl sites for hydroxylation is 1. The Morgan fingerprint density at radius 1 is 1.40 bits per heavy atom. The maximum absolute atomic E-state index is 12.2. The molecule has 0 bridgehead atoms. The van der Waals surface area contributed by atoms with Crippen molar-refractivity contribution in [3.05, 3.63) is 36.0 Å². The minimum absolute atomic E-state index is 0.188. The third-order valence-corrected chi connectivity index (χ3v) is 2.34. The second-order valence-electron chi connectivity index (χ2n) is 3.25. The summed E-state index contributed by atoms with van der Waals surface area (Å²) in [6, 6.07) is 7.10. The molecule has 78 valence electrons. The number of carboxylic acids is 1. The Morgan fingerprint density at radius 3 is 2.80 bits per heavy atom. The molecule has 0 atom stereocenters. The highest BCUT2D eigenvalue weighted by molar-refractivity contribution is 6.03.